The maximum atomic E-state index is 9.92. The Morgan fingerprint density at radius 2 is 0.321 bits per heavy atom. The maximum absolute atomic E-state index is 9.92. The maximum Gasteiger partial charge on any atom is 0.492 e. The molecule has 0 aromatic carbocycles. The predicted octanol–water partition coefficient (Wildman–Crippen LogP) is 5.49. The first-order chi connectivity index (χ1) is 10.4. The Morgan fingerprint density at radius 3 is 0.321 bits per heavy atom. The van der Waals surface area contributed by atoms with Gasteiger partial charge in [-0.2, -0.15) is 0 Å². The van der Waals surface area contributed by atoms with Crippen molar-refractivity contribution in [2.75, 3.05) is 0 Å². The van der Waals surface area contributed by atoms with Crippen LogP contribution in [0.25, 0.3) is 0 Å². The predicted molar refractivity (Wildman–Crippen MR) is 83.8 cm³/mol. The summed E-state index contributed by atoms with van der Waals surface area (Å²) in [5.41, 5.74) is 0. The average Bonchev–Trinajstić information content (AvgIpc) is 2.08. The Bertz CT molecular complexity index is 284. The van der Waals surface area contributed by atoms with Gasteiger partial charge in [0.25, 0.3) is 0 Å². The van der Waals surface area contributed by atoms with Gasteiger partial charge in [-0.15, -0.1) is 76.0 Å². The standard InChI is InChI=1S/6CHFO2.4ClH/c6*2-1(3)4;;;;/h6*(H,3,4);4*1H. The van der Waals surface area contributed by atoms with Gasteiger partial charge in [-0.25, -0.2) is 28.8 Å². The molecule has 0 saturated carbocycles. The minimum atomic E-state index is -2.33. The van der Waals surface area contributed by atoms with Crippen LogP contribution in [0, 0.1) is 0 Å². The number of carboxylic acid groups (broad SMARTS) is 6. The van der Waals surface area contributed by atoms with Crippen molar-refractivity contribution in [2.24, 2.45) is 0 Å². The quantitative estimate of drug-likeness (QED) is 0.169. The summed E-state index contributed by atoms with van der Waals surface area (Å²) in [5.74, 6) is 0. The van der Waals surface area contributed by atoms with Crippen LogP contribution in [-0.4, -0.2) is 68.0 Å². The Kier molecular flexibility index (Phi) is 128. The topological polar surface area (TPSA) is 224 Å². The van der Waals surface area contributed by atoms with Gasteiger partial charge < -0.3 is 30.6 Å². The fourth-order valence-corrected chi connectivity index (χ4v) is 0. The van der Waals surface area contributed by atoms with Crippen molar-refractivity contribution < 1.29 is 85.7 Å². The summed E-state index contributed by atoms with van der Waals surface area (Å²) < 4.78 is 59.5. The molecule has 0 fully saturated rings. The second kappa shape index (κ2) is 56.3. The molecule has 0 rings (SSSR count). The Labute approximate surface area is 173 Å². The van der Waals surface area contributed by atoms with Crippen molar-refractivity contribution in [1.82, 2.24) is 0 Å². The lowest BCUT2D eigenvalue weighted by Crippen LogP contribution is -1.69. The summed E-state index contributed by atoms with van der Waals surface area (Å²) in [7, 11) is 0. The molecule has 22 heteroatoms. The summed E-state index contributed by atoms with van der Waals surface area (Å²) in [6.07, 6.45) is -14.0. The molecule has 0 aliphatic heterocycles. The lowest BCUT2D eigenvalue weighted by atomic mass is 11.5. The van der Waals surface area contributed by atoms with Crippen molar-refractivity contribution in [2.45, 2.75) is 0 Å². The second-order valence-electron chi connectivity index (χ2n) is 1.52. The zero-order chi connectivity index (χ0) is 21.5. The summed E-state index contributed by atoms with van der Waals surface area (Å²) in [6.45, 7) is 0. The summed E-state index contributed by atoms with van der Waals surface area (Å²) in [4.78, 5) is 50.0. The van der Waals surface area contributed by atoms with Crippen molar-refractivity contribution in [3.63, 3.8) is 0 Å². The molecule has 0 aliphatic carbocycles. The lowest BCUT2D eigenvalue weighted by molar-refractivity contribution is 0.167. The van der Waals surface area contributed by atoms with Crippen LogP contribution in [0.15, 0.2) is 0 Å². The molecule has 0 amide bonds. The van der Waals surface area contributed by atoms with Crippen LogP contribution >= 0.6 is 49.6 Å². The summed E-state index contributed by atoms with van der Waals surface area (Å²) in [6, 6.07) is 0. The van der Waals surface area contributed by atoms with Crippen LogP contribution in [0.1, 0.15) is 0 Å². The van der Waals surface area contributed by atoms with E-state index >= 15 is 0 Å². The van der Waals surface area contributed by atoms with Gasteiger partial charge in [0.1, 0.15) is 0 Å². The van der Waals surface area contributed by atoms with Gasteiger partial charge in [-0.3, -0.25) is 0 Å². The van der Waals surface area contributed by atoms with Crippen LogP contribution in [0.2, 0.25) is 0 Å². The van der Waals surface area contributed by atoms with Gasteiger partial charge >= 0.3 is 37.3 Å². The van der Waals surface area contributed by atoms with E-state index in [1.54, 1.807) is 0 Å². The van der Waals surface area contributed by atoms with Gasteiger partial charge in [0.2, 0.25) is 0 Å². The van der Waals surface area contributed by atoms with Gasteiger partial charge in [-0.05, 0) is 0 Å². The van der Waals surface area contributed by atoms with Crippen molar-refractivity contribution in [3.8, 4) is 0 Å². The highest BCUT2D eigenvalue weighted by Crippen LogP contribution is 1.60. The van der Waals surface area contributed by atoms with Crippen molar-refractivity contribution in [3.05, 3.63) is 0 Å². The Balaban J connectivity index is -0.0000000169. The zero-order valence-corrected chi connectivity index (χ0v) is 15.3. The molecule has 0 aliphatic rings. The number of rotatable bonds is 0. The molecular formula is C6H10Cl4F6O12. The third-order valence-corrected chi connectivity index (χ3v) is 0. The fourth-order valence-electron chi connectivity index (χ4n) is 0. The van der Waals surface area contributed by atoms with Crippen LogP contribution in [0.5, 0.6) is 0 Å². The van der Waals surface area contributed by atoms with E-state index in [4.69, 9.17) is 59.4 Å². The van der Waals surface area contributed by atoms with Crippen molar-refractivity contribution in [1.29, 1.82) is 0 Å². The molecule has 0 radical (unpaired) electrons. The van der Waals surface area contributed by atoms with E-state index in [0.717, 1.165) is 0 Å². The van der Waals surface area contributed by atoms with E-state index in [1.807, 2.05) is 0 Å². The molecule has 28 heavy (non-hydrogen) atoms. The van der Waals surface area contributed by atoms with E-state index in [1.165, 1.54) is 0 Å². The second-order valence-corrected chi connectivity index (χ2v) is 1.52. The Hall–Kier alpha value is -2.44. The number of hydrogen-bond donors (Lipinski definition) is 6. The number of hydrogen-bond acceptors (Lipinski definition) is 6. The zero-order valence-electron chi connectivity index (χ0n) is 12.0. The van der Waals surface area contributed by atoms with E-state index in [0.29, 0.717) is 0 Å². The summed E-state index contributed by atoms with van der Waals surface area (Å²) in [5, 5.41) is 40.5. The van der Waals surface area contributed by atoms with E-state index < -0.39 is 37.3 Å². The molecular weight excluding hydrogens is 520 g/mol. The first-order valence-corrected chi connectivity index (χ1v) is 3.70. The van der Waals surface area contributed by atoms with E-state index in [-0.39, 0.29) is 49.6 Å². The molecule has 0 atom stereocenters. The molecule has 12 nitrogen and oxygen atoms in total. The average molecular weight is 530 g/mol. The van der Waals surface area contributed by atoms with Gasteiger partial charge in [0, 0.05) is 0 Å². The van der Waals surface area contributed by atoms with Crippen LogP contribution in [0.3, 0.4) is 0 Å². The highest BCUT2D eigenvalue weighted by atomic mass is 35.5. The largest absolute Gasteiger partial charge is 0.492 e. The lowest BCUT2D eigenvalue weighted by Gasteiger charge is -1.53. The molecule has 0 spiro atoms. The first kappa shape index (κ1) is 63.7. The molecule has 0 aromatic heterocycles. The monoisotopic (exact) mass is 528 g/mol. The van der Waals surface area contributed by atoms with E-state index in [9.17, 15) is 26.3 Å². The third kappa shape index (κ3) is 2010. The van der Waals surface area contributed by atoms with Crippen LogP contribution in [0.4, 0.5) is 55.1 Å². The van der Waals surface area contributed by atoms with Gasteiger partial charge in [-0.1, -0.05) is 0 Å². The van der Waals surface area contributed by atoms with Crippen LogP contribution < -0.4 is 0 Å². The smallest absolute Gasteiger partial charge is 0.456 e. The normalized spacial score (nSPS) is 5.36. The minimum Gasteiger partial charge on any atom is -0.456 e. The minimum absolute atomic E-state index is 0. The number of halogens is 10. The molecule has 0 heterocycles. The Morgan fingerprint density at radius 1 is 0.321 bits per heavy atom. The molecule has 0 unspecified atom stereocenters. The fraction of sp³-hybridized carbons (Fsp3) is 0. The molecule has 176 valence electrons. The molecule has 6 N–H and O–H groups in total. The number of carbonyl (C=O) groups is 6. The first-order valence-electron chi connectivity index (χ1n) is 3.70. The van der Waals surface area contributed by atoms with Gasteiger partial charge in [0.05, 0.1) is 0 Å². The van der Waals surface area contributed by atoms with Gasteiger partial charge in [0.15, 0.2) is 0 Å². The molecule has 0 saturated heterocycles. The highest BCUT2D eigenvalue weighted by molar-refractivity contribution is 5.86. The molecule has 0 aromatic rings. The van der Waals surface area contributed by atoms with Crippen LogP contribution in [-0.2, 0) is 0 Å². The van der Waals surface area contributed by atoms with E-state index in [2.05, 4.69) is 0 Å². The summed E-state index contributed by atoms with van der Waals surface area (Å²) >= 11 is 0. The third-order valence-electron chi connectivity index (χ3n) is 0. The SMILES string of the molecule is Cl.Cl.Cl.Cl.O=C(O)F.O=C(O)F.O=C(O)F.O=C(O)F.O=C(O)F.O=C(O)F. The highest BCUT2D eigenvalue weighted by Gasteiger charge is 1.76. The van der Waals surface area contributed by atoms with Crippen molar-refractivity contribution >= 4 is 87.0 Å². The molecule has 0 bridgehead atoms.